The highest BCUT2D eigenvalue weighted by Crippen LogP contribution is 2.31. The number of nitrogens with zero attached hydrogens (tertiary/aromatic N) is 1. The van der Waals surface area contributed by atoms with Crippen LogP contribution in [-0.4, -0.2) is 35.7 Å². The molecule has 1 atom stereocenters. The molecule has 21 heavy (non-hydrogen) atoms. The Morgan fingerprint density at radius 2 is 2.24 bits per heavy atom. The van der Waals surface area contributed by atoms with Gasteiger partial charge in [-0.2, -0.15) is 0 Å². The monoisotopic (exact) mass is 326 g/mol. The molecule has 1 aromatic rings. The summed E-state index contributed by atoms with van der Waals surface area (Å²) >= 11 is 7.75. The maximum atomic E-state index is 12.9. The van der Waals surface area contributed by atoms with Crippen molar-refractivity contribution in [3.63, 3.8) is 0 Å². The van der Waals surface area contributed by atoms with Gasteiger partial charge in [0, 0.05) is 29.0 Å². The zero-order valence-corrected chi connectivity index (χ0v) is 14.4. The van der Waals surface area contributed by atoms with E-state index in [-0.39, 0.29) is 17.4 Å². The molecule has 0 bridgehead atoms. The SMILES string of the molecule is CCSc1ccc(Cl)cc1C(=O)N1CCC(N)C(C)(C)C1. The number of amides is 1. The van der Waals surface area contributed by atoms with Gasteiger partial charge in [0.2, 0.25) is 0 Å². The lowest BCUT2D eigenvalue weighted by molar-refractivity contribution is 0.0529. The second-order valence-corrected chi connectivity index (χ2v) is 7.93. The minimum atomic E-state index is -0.0510. The molecule has 0 radical (unpaired) electrons. The number of hydrogen-bond acceptors (Lipinski definition) is 3. The molecular formula is C16H23ClN2OS. The van der Waals surface area contributed by atoms with Crippen molar-refractivity contribution in [2.75, 3.05) is 18.8 Å². The molecule has 1 fully saturated rings. The third-order valence-electron chi connectivity index (χ3n) is 4.07. The molecule has 1 amide bonds. The van der Waals surface area contributed by atoms with E-state index >= 15 is 0 Å². The molecule has 1 aliphatic heterocycles. The number of carbonyl (C=O) groups excluding carboxylic acids is 1. The molecule has 2 rings (SSSR count). The first-order valence-corrected chi connectivity index (χ1v) is 8.68. The van der Waals surface area contributed by atoms with Gasteiger partial charge in [0.25, 0.3) is 5.91 Å². The highest BCUT2D eigenvalue weighted by atomic mass is 35.5. The normalized spacial score (nSPS) is 21.4. The minimum absolute atomic E-state index is 0.0510. The quantitative estimate of drug-likeness (QED) is 0.862. The Labute approximate surface area is 136 Å². The highest BCUT2D eigenvalue weighted by molar-refractivity contribution is 7.99. The van der Waals surface area contributed by atoms with Crippen LogP contribution in [0.15, 0.2) is 23.1 Å². The first-order chi connectivity index (χ1) is 9.85. The largest absolute Gasteiger partial charge is 0.338 e. The van der Waals surface area contributed by atoms with E-state index in [1.54, 1.807) is 17.8 Å². The molecule has 2 N–H and O–H groups in total. The smallest absolute Gasteiger partial charge is 0.255 e. The van der Waals surface area contributed by atoms with Crippen LogP contribution in [-0.2, 0) is 0 Å². The number of benzene rings is 1. The Hall–Kier alpha value is -0.710. The van der Waals surface area contributed by atoms with Gasteiger partial charge in [0.1, 0.15) is 0 Å². The standard InChI is InChI=1S/C16H23ClN2OS/c1-4-21-13-6-5-11(17)9-12(13)15(20)19-8-7-14(18)16(2,3)10-19/h5-6,9,14H,4,7-8,10,18H2,1-3H3. The van der Waals surface area contributed by atoms with Gasteiger partial charge in [-0.1, -0.05) is 32.4 Å². The molecule has 5 heteroatoms. The number of nitrogens with two attached hydrogens (primary N) is 1. The van der Waals surface area contributed by atoms with Crippen molar-refractivity contribution in [1.82, 2.24) is 4.90 Å². The Bertz CT molecular complexity index is 533. The third-order valence-corrected chi connectivity index (χ3v) is 5.26. The number of likely N-dealkylation sites (tertiary alicyclic amines) is 1. The average molecular weight is 327 g/mol. The summed E-state index contributed by atoms with van der Waals surface area (Å²) in [5.74, 6) is 0.992. The number of rotatable bonds is 3. The van der Waals surface area contributed by atoms with Crippen LogP contribution >= 0.6 is 23.4 Å². The Morgan fingerprint density at radius 1 is 1.52 bits per heavy atom. The zero-order chi connectivity index (χ0) is 15.6. The summed E-state index contributed by atoms with van der Waals surface area (Å²) < 4.78 is 0. The maximum absolute atomic E-state index is 12.9. The Kier molecular flexibility index (Phi) is 5.23. The van der Waals surface area contributed by atoms with Gasteiger partial charge in [0.05, 0.1) is 5.56 Å². The summed E-state index contributed by atoms with van der Waals surface area (Å²) in [5, 5.41) is 0.603. The van der Waals surface area contributed by atoms with E-state index in [4.69, 9.17) is 17.3 Å². The lowest BCUT2D eigenvalue weighted by Crippen LogP contribution is -2.54. The number of halogens is 1. The van der Waals surface area contributed by atoms with Gasteiger partial charge in [-0.05, 0) is 35.8 Å². The van der Waals surface area contributed by atoms with Crippen molar-refractivity contribution < 1.29 is 4.79 Å². The summed E-state index contributed by atoms with van der Waals surface area (Å²) in [6.45, 7) is 7.73. The number of thioether (sulfide) groups is 1. The molecule has 1 unspecified atom stereocenters. The van der Waals surface area contributed by atoms with Crippen LogP contribution in [0.1, 0.15) is 37.6 Å². The Balaban J connectivity index is 2.26. The van der Waals surface area contributed by atoms with Gasteiger partial charge in [0.15, 0.2) is 0 Å². The maximum Gasteiger partial charge on any atom is 0.255 e. The van der Waals surface area contributed by atoms with Crippen LogP contribution < -0.4 is 5.73 Å². The molecule has 0 saturated carbocycles. The van der Waals surface area contributed by atoms with Crippen LogP contribution in [0.4, 0.5) is 0 Å². The summed E-state index contributed by atoms with van der Waals surface area (Å²) in [4.78, 5) is 15.8. The van der Waals surface area contributed by atoms with Crippen molar-refractivity contribution in [2.24, 2.45) is 11.1 Å². The number of carbonyl (C=O) groups is 1. The van der Waals surface area contributed by atoms with Crippen molar-refractivity contribution in [1.29, 1.82) is 0 Å². The van der Waals surface area contributed by atoms with Crippen LogP contribution in [0.5, 0.6) is 0 Å². The molecular weight excluding hydrogens is 304 g/mol. The van der Waals surface area contributed by atoms with E-state index < -0.39 is 0 Å². The molecule has 116 valence electrons. The van der Waals surface area contributed by atoms with Crippen molar-refractivity contribution in [3.05, 3.63) is 28.8 Å². The van der Waals surface area contributed by atoms with Gasteiger partial charge in [-0.3, -0.25) is 4.79 Å². The fraction of sp³-hybridized carbons (Fsp3) is 0.562. The molecule has 0 aromatic heterocycles. The van der Waals surface area contributed by atoms with Gasteiger partial charge in [-0.25, -0.2) is 0 Å². The van der Waals surface area contributed by atoms with E-state index in [0.717, 1.165) is 17.1 Å². The minimum Gasteiger partial charge on any atom is -0.338 e. The number of piperidine rings is 1. The molecule has 0 spiro atoms. The van der Waals surface area contributed by atoms with Gasteiger partial charge in [-0.15, -0.1) is 11.8 Å². The zero-order valence-electron chi connectivity index (χ0n) is 12.9. The number of hydrogen-bond donors (Lipinski definition) is 1. The predicted molar refractivity (Wildman–Crippen MR) is 90.1 cm³/mol. The summed E-state index contributed by atoms with van der Waals surface area (Å²) in [6.07, 6.45) is 0.843. The first-order valence-electron chi connectivity index (χ1n) is 7.32. The summed E-state index contributed by atoms with van der Waals surface area (Å²) in [6, 6.07) is 5.70. The van der Waals surface area contributed by atoms with Crippen LogP contribution in [0.3, 0.4) is 0 Å². The lowest BCUT2D eigenvalue weighted by Gasteiger charge is -2.42. The van der Waals surface area contributed by atoms with Crippen molar-refractivity contribution >= 4 is 29.3 Å². The van der Waals surface area contributed by atoms with Crippen LogP contribution in [0.2, 0.25) is 5.02 Å². The van der Waals surface area contributed by atoms with Gasteiger partial charge >= 0.3 is 0 Å². The van der Waals surface area contributed by atoms with E-state index in [9.17, 15) is 4.79 Å². The van der Waals surface area contributed by atoms with Crippen molar-refractivity contribution in [3.8, 4) is 0 Å². The third kappa shape index (κ3) is 3.74. The molecule has 1 aromatic carbocycles. The van der Waals surface area contributed by atoms with Gasteiger partial charge < -0.3 is 10.6 Å². The second kappa shape index (κ2) is 6.59. The van der Waals surface area contributed by atoms with E-state index in [0.29, 0.717) is 23.7 Å². The highest BCUT2D eigenvalue weighted by Gasteiger charge is 2.36. The molecule has 0 aliphatic carbocycles. The predicted octanol–water partition coefficient (Wildman–Crippen LogP) is 3.65. The molecule has 3 nitrogen and oxygen atoms in total. The van der Waals surface area contributed by atoms with E-state index in [2.05, 4.69) is 20.8 Å². The van der Waals surface area contributed by atoms with Crippen LogP contribution in [0.25, 0.3) is 0 Å². The molecule has 1 aliphatic rings. The molecule has 1 saturated heterocycles. The lowest BCUT2D eigenvalue weighted by atomic mass is 9.79. The summed E-state index contributed by atoms with van der Waals surface area (Å²) in [5.41, 5.74) is 6.81. The van der Waals surface area contributed by atoms with Crippen LogP contribution in [0, 0.1) is 5.41 Å². The topological polar surface area (TPSA) is 46.3 Å². The second-order valence-electron chi connectivity index (χ2n) is 6.18. The fourth-order valence-electron chi connectivity index (χ4n) is 2.67. The van der Waals surface area contributed by atoms with E-state index in [1.165, 1.54) is 0 Å². The first kappa shape index (κ1) is 16.7. The Morgan fingerprint density at radius 3 is 2.86 bits per heavy atom. The fourth-order valence-corrected chi connectivity index (χ4v) is 3.62. The van der Waals surface area contributed by atoms with E-state index in [1.807, 2.05) is 17.0 Å². The van der Waals surface area contributed by atoms with Crippen molar-refractivity contribution in [2.45, 2.75) is 38.1 Å². The summed E-state index contributed by atoms with van der Waals surface area (Å²) in [7, 11) is 0. The average Bonchev–Trinajstić information content (AvgIpc) is 2.43. The molecule has 1 heterocycles.